The summed E-state index contributed by atoms with van der Waals surface area (Å²) in [5, 5.41) is 11.8. The molecule has 2 heterocycles. The fourth-order valence-electron chi connectivity index (χ4n) is 1.61. The highest BCUT2D eigenvalue weighted by atomic mass is 16.4. The van der Waals surface area contributed by atoms with Gasteiger partial charge in [-0.15, -0.1) is 0 Å². The first-order valence-electron chi connectivity index (χ1n) is 3.48. The second-order valence-corrected chi connectivity index (χ2v) is 2.96. The van der Waals surface area contributed by atoms with Crippen LogP contribution in [0.5, 0.6) is 0 Å². The second kappa shape index (κ2) is 1.85. The Morgan fingerprint density at radius 2 is 2.40 bits per heavy atom. The first-order chi connectivity index (χ1) is 4.77. The maximum Gasteiger partial charge on any atom is 0.407 e. The van der Waals surface area contributed by atoms with E-state index in [2.05, 4.69) is 5.32 Å². The van der Waals surface area contributed by atoms with Gasteiger partial charge >= 0.3 is 6.09 Å². The number of carboxylic acid groups (broad SMARTS) is 1. The van der Waals surface area contributed by atoms with E-state index < -0.39 is 6.09 Å². The lowest BCUT2D eigenvalue weighted by Gasteiger charge is -2.29. The molecule has 0 aromatic carbocycles. The first kappa shape index (κ1) is 5.97. The number of hydrogen-bond acceptors (Lipinski definition) is 2. The number of fused-ring (bicyclic) bond motifs is 1. The minimum Gasteiger partial charge on any atom is -0.465 e. The molecule has 0 aliphatic carbocycles. The zero-order valence-corrected chi connectivity index (χ0v) is 5.58. The molecule has 2 fully saturated rings. The molecular formula is C6H10N2O2. The molecule has 4 nitrogen and oxygen atoms in total. The van der Waals surface area contributed by atoms with Crippen molar-refractivity contribution < 1.29 is 9.90 Å². The molecule has 4 heteroatoms. The van der Waals surface area contributed by atoms with E-state index in [1.807, 2.05) is 0 Å². The molecule has 2 N–H and O–H groups in total. The molecule has 0 aromatic heterocycles. The van der Waals surface area contributed by atoms with Gasteiger partial charge in [-0.3, -0.25) is 0 Å². The Morgan fingerprint density at radius 1 is 1.60 bits per heavy atom. The van der Waals surface area contributed by atoms with E-state index in [1.54, 1.807) is 0 Å². The monoisotopic (exact) mass is 142 g/mol. The molecule has 2 saturated heterocycles. The van der Waals surface area contributed by atoms with Crippen molar-refractivity contribution in [2.24, 2.45) is 5.92 Å². The van der Waals surface area contributed by atoms with Gasteiger partial charge in [0.15, 0.2) is 0 Å². The highest BCUT2D eigenvalue weighted by Gasteiger charge is 2.40. The van der Waals surface area contributed by atoms with Crippen LogP contribution in [0.1, 0.15) is 0 Å². The lowest BCUT2D eigenvalue weighted by molar-refractivity contribution is 0.155. The predicted octanol–water partition coefficient (Wildman–Crippen LogP) is -0.432. The van der Waals surface area contributed by atoms with Crippen LogP contribution in [0.2, 0.25) is 0 Å². The van der Waals surface area contributed by atoms with Crippen molar-refractivity contribution in [2.75, 3.05) is 19.6 Å². The molecule has 2 rings (SSSR count). The van der Waals surface area contributed by atoms with Crippen molar-refractivity contribution in [1.82, 2.24) is 10.2 Å². The van der Waals surface area contributed by atoms with Crippen molar-refractivity contribution in [3.63, 3.8) is 0 Å². The van der Waals surface area contributed by atoms with Crippen molar-refractivity contribution in [1.29, 1.82) is 0 Å². The van der Waals surface area contributed by atoms with E-state index in [-0.39, 0.29) is 0 Å². The topological polar surface area (TPSA) is 52.6 Å². The summed E-state index contributed by atoms with van der Waals surface area (Å²) in [7, 11) is 0. The molecule has 0 radical (unpaired) electrons. The van der Waals surface area contributed by atoms with Gasteiger partial charge in [-0.25, -0.2) is 4.79 Å². The third-order valence-electron chi connectivity index (χ3n) is 2.35. The molecule has 0 bridgehead atoms. The molecule has 0 unspecified atom stereocenters. The van der Waals surface area contributed by atoms with Crippen LogP contribution < -0.4 is 5.32 Å². The summed E-state index contributed by atoms with van der Waals surface area (Å²) in [4.78, 5) is 11.9. The van der Waals surface area contributed by atoms with Gasteiger partial charge in [-0.2, -0.15) is 0 Å². The minimum atomic E-state index is -0.781. The average Bonchev–Trinajstić information content (AvgIpc) is 2.09. The van der Waals surface area contributed by atoms with Crippen LogP contribution in [-0.2, 0) is 0 Å². The number of amides is 1. The van der Waals surface area contributed by atoms with Crippen molar-refractivity contribution in [3.05, 3.63) is 0 Å². The molecule has 10 heavy (non-hydrogen) atoms. The third kappa shape index (κ3) is 0.686. The highest BCUT2D eigenvalue weighted by Crippen LogP contribution is 2.22. The normalized spacial score (nSPS) is 37.0. The molecule has 56 valence electrons. The Labute approximate surface area is 58.8 Å². The van der Waals surface area contributed by atoms with E-state index in [0.29, 0.717) is 18.5 Å². The van der Waals surface area contributed by atoms with E-state index in [1.165, 1.54) is 4.90 Å². The van der Waals surface area contributed by atoms with Crippen LogP contribution in [0.15, 0.2) is 0 Å². The summed E-state index contributed by atoms with van der Waals surface area (Å²) in [6, 6.07) is 0.455. The molecule has 2 aliphatic heterocycles. The number of hydrogen-bond donors (Lipinski definition) is 2. The number of carbonyl (C=O) groups is 1. The molecule has 2 aliphatic rings. The summed E-state index contributed by atoms with van der Waals surface area (Å²) in [6.07, 6.45) is -0.781. The van der Waals surface area contributed by atoms with Gasteiger partial charge in [0.25, 0.3) is 0 Å². The number of rotatable bonds is 0. The summed E-state index contributed by atoms with van der Waals surface area (Å²) >= 11 is 0. The molecule has 0 saturated carbocycles. The Kier molecular flexibility index (Phi) is 1.11. The Balaban J connectivity index is 1.98. The van der Waals surface area contributed by atoms with Gasteiger partial charge in [0, 0.05) is 31.6 Å². The Hall–Kier alpha value is -0.770. The largest absolute Gasteiger partial charge is 0.465 e. The fraction of sp³-hybridized carbons (Fsp3) is 0.833. The standard InChI is InChI=1S/C6H10N2O2/c9-6(10)8-2-4-1-7-5(4)3-8/h4-5,7H,1-3H2,(H,9,10)/t4-,5+/m0/s1. The molecule has 2 atom stereocenters. The molecular weight excluding hydrogens is 132 g/mol. The van der Waals surface area contributed by atoms with Gasteiger partial charge in [-0.1, -0.05) is 0 Å². The summed E-state index contributed by atoms with van der Waals surface area (Å²) < 4.78 is 0. The van der Waals surface area contributed by atoms with Crippen LogP contribution in [0.3, 0.4) is 0 Å². The Morgan fingerprint density at radius 3 is 2.70 bits per heavy atom. The zero-order valence-electron chi connectivity index (χ0n) is 5.58. The summed E-state index contributed by atoms with van der Waals surface area (Å²) in [5.41, 5.74) is 0. The maximum atomic E-state index is 10.4. The summed E-state index contributed by atoms with van der Waals surface area (Å²) in [6.45, 7) is 2.40. The van der Waals surface area contributed by atoms with Gasteiger partial charge in [-0.05, 0) is 0 Å². The lowest BCUT2D eigenvalue weighted by Crippen LogP contribution is -2.51. The number of nitrogens with zero attached hydrogens (tertiary/aromatic N) is 1. The second-order valence-electron chi connectivity index (χ2n) is 2.96. The highest BCUT2D eigenvalue weighted by molar-refractivity contribution is 5.65. The lowest BCUT2D eigenvalue weighted by atomic mass is 9.96. The number of nitrogens with one attached hydrogen (secondary N) is 1. The summed E-state index contributed by atoms with van der Waals surface area (Å²) in [5.74, 6) is 0.594. The molecule has 1 amide bonds. The molecule has 0 spiro atoms. The van der Waals surface area contributed by atoms with Crippen LogP contribution in [-0.4, -0.2) is 41.8 Å². The number of likely N-dealkylation sites (tertiary alicyclic amines) is 1. The minimum absolute atomic E-state index is 0.455. The Bertz CT molecular complexity index is 159. The van der Waals surface area contributed by atoms with E-state index in [4.69, 9.17) is 5.11 Å². The van der Waals surface area contributed by atoms with Gasteiger partial charge in [0.1, 0.15) is 0 Å². The quantitative estimate of drug-likeness (QED) is 0.482. The van der Waals surface area contributed by atoms with E-state index >= 15 is 0 Å². The maximum absolute atomic E-state index is 10.4. The first-order valence-corrected chi connectivity index (χ1v) is 3.48. The van der Waals surface area contributed by atoms with Gasteiger partial charge in [0.2, 0.25) is 0 Å². The average molecular weight is 142 g/mol. The molecule has 0 aromatic rings. The van der Waals surface area contributed by atoms with Crippen LogP contribution in [0.4, 0.5) is 4.79 Å². The van der Waals surface area contributed by atoms with Crippen molar-refractivity contribution >= 4 is 6.09 Å². The van der Waals surface area contributed by atoms with E-state index in [9.17, 15) is 4.79 Å². The predicted molar refractivity (Wildman–Crippen MR) is 34.9 cm³/mol. The SMILES string of the molecule is O=C(O)N1C[C@@H]2CN[C@@H]2C1. The zero-order chi connectivity index (χ0) is 7.14. The van der Waals surface area contributed by atoms with Crippen LogP contribution >= 0.6 is 0 Å². The third-order valence-corrected chi connectivity index (χ3v) is 2.35. The van der Waals surface area contributed by atoms with Crippen LogP contribution in [0.25, 0.3) is 0 Å². The van der Waals surface area contributed by atoms with Crippen molar-refractivity contribution in [3.8, 4) is 0 Å². The van der Waals surface area contributed by atoms with Gasteiger partial charge in [0.05, 0.1) is 0 Å². The smallest absolute Gasteiger partial charge is 0.407 e. The van der Waals surface area contributed by atoms with Gasteiger partial charge < -0.3 is 15.3 Å². The van der Waals surface area contributed by atoms with E-state index in [0.717, 1.165) is 13.1 Å². The fourth-order valence-corrected chi connectivity index (χ4v) is 1.61. The van der Waals surface area contributed by atoms with Crippen LogP contribution in [0, 0.1) is 5.92 Å². The van der Waals surface area contributed by atoms with Crippen molar-refractivity contribution in [2.45, 2.75) is 6.04 Å².